The summed E-state index contributed by atoms with van der Waals surface area (Å²) in [6, 6.07) is 17.2. The van der Waals surface area contributed by atoms with Crippen molar-refractivity contribution in [2.45, 2.75) is 37.8 Å². The van der Waals surface area contributed by atoms with Gasteiger partial charge in [0.05, 0.1) is 0 Å². The van der Waals surface area contributed by atoms with E-state index in [1.807, 2.05) is 17.8 Å². The number of nitrogens with two attached hydrogens (primary N) is 1. The molecule has 0 heterocycles. The first-order valence-electron chi connectivity index (χ1n) is 7.01. The molecule has 0 aliphatic rings. The molecule has 0 aromatic heterocycles. The predicted octanol–water partition coefficient (Wildman–Crippen LogP) is 4.84. The fourth-order valence-electron chi connectivity index (χ4n) is 2.06. The Morgan fingerprint density at radius 3 is 2.20 bits per heavy atom. The summed E-state index contributed by atoms with van der Waals surface area (Å²) in [5, 5.41) is 0. The van der Waals surface area contributed by atoms with Crippen LogP contribution in [0, 0.1) is 0 Å². The molecule has 0 saturated heterocycles. The van der Waals surface area contributed by atoms with Crippen LogP contribution < -0.4 is 5.73 Å². The Kier molecular flexibility index (Phi) is 4.90. The molecule has 0 unspecified atom stereocenters. The highest BCUT2D eigenvalue weighted by atomic mass is 32.2. The molecule has 0 fully saturated rings. The lowest BCUT2D eigenvalue weighted by Crippen LogP contribution is -2.07. The van der Waals surface area contributed by atoms with Crippen molar-refractivity contribution in [2.24, 2.45) is 5.73 Å². The average Bonchev–Trinajstić information content (AvgIpc) is 2.45. The van der Waals surface area contributed by atoms with E-state index < -0.39 is 0 Å². The lowest BCUT2D eigenvalue weighted by atomic mass is 9.99. The van der Waals surface area contributed by atoms with Gasteiger partial charge in [-0.15, -0.1) is 0 Å². The number of benzene rings is 2. The number of rotatable bonds is 4. The lowest BCUT2D eigenvalue weighted by molar-refractivity contribution is 0.802. The van der Waals surface area contributed by atoms with Crippen LogP contribution in [0.5, 0.6) is 0 Å². The van der Waals surface area contributed by atoms with Gasteiger partial charge in [-0.1, -0.05) is 69.3 Å². The molecule has 0 aliphatic carbocycles. The Hall–Kier alpha value is -1.25. The summed E-state index contributed by atoms with van der Waals surface area (Å²) >= 11 is 1.98. The number of hydrogen-bond acceptors (Lipinski definition) is 2. The van der Waals surface area contributed by atoms with Crippen LogP contribution in [0.1, 0.15) is 31.9 Å². The summed E-state index contributed by atoms with van der Waals surface area (Å²) in [6.45, 7) is 7.34. The molecular formula is C18H23NS. The zero-order valence-electron chi connectivity index (χ0n) is 12.5. The minimum Gasteiger partial charge on any atom is -0.326 e. The van der Waals surface area contributed by atoms with Crippen LogP contribution in [-0.2, 0) is 12.3 Å². The third kappa shape index (κ3) is 4.12. The van der Waals surface area contributed by atoms with Crippen molar-refractivity contribution in [3.05, 3.63) is 59.7 Å². The molecular weight excluding hydrogens is 262 g/mol. The first-order valence-corrected chi connectivity index (χ1v) is 7.99. The number of hydrogen-bond donors (Lipinski definition) is 1. The summed E-state index contributed by atoms with van der Waals surface area (Å²) in [7, 11) is 0. The van der Waals surface area contributed by atoms with Crippen LogP contribution in [0.4, 0.5) is 0 Å². The molecule has 2 aromatic rings. The Bertz CT molecular complexity index is 552. The summed E-state index contributed by atoms with van der Waals surface area (Å²) in [4.78, 5) is 0. The Balaban J connectivity index is 2.16. The first-order chi connectivity index (χ1) is 9.49. The molecule has 0 atom stereocenters. The third-order valence-corrected chi connectivity index (χ3v) is 4.52. The monoisotopic (exact) mass is 285 g/mol. The van der Waals surface area contributed by atoms with Gasteiger partial charge in [-0.2, -0.15) is 11.8 Å². The van der Waals surface area contributed by atoms with Crippen molar-refractivity contribution in [3.63, 3.8) is 0 Å². The van der Waals surface area contributed by atoms with Crippen molar-refractivity contribution >= 4 is 11.8 Å². The largest absolute Gasteiger partial charge is 0.326 e. The van der Waals surface area contributed by atoms with Gasteiger partial charge in [0.1, 0.15) is 0 Å². The van der Waals surface area contributed by atoms with Crippen molar-refractivity contribution in [1.82, 2.24) is 0 Å². The number of thioether (sulfide) groups is 1. The molecule has 2 aromatic carbocycles. The fourth-order valence-corrected chi connectivity index (χ4v) is 2.85. The van der Waals surface area contributed by atoms with Gasteiger partial charge in [0.2, 0.25) is 0 Å². The first kappa shape index (κ1) is 15.1. The molecule has 2 N–H and O–H groups in total. The average molecular weight is 285 g/mol. The highest BCUT2D eigenvalue weighted by Crippen LogP contribution is 2.29. The van der Waals surface area contributed by atoms with Crippen molar-refractivity contribution in [1.29, 1.82) is 0 Å². The van der Waals surface area contributed by atoms with E-state index in [-0.39, 0.29) is 0 Å². The van der Waals surface area contributed by atoms with Crippen molar-refractivity contribution in [2.75, 3.05) is 0 Å². The predicted molar refractivity (Wildman–Crippen MR) is 90.8 cm³/mol. The smallest absolute Gasteiger partial charge is 0.0189 e. The van der Waals surface area contributed by atoms with Crippen LogP contribution in [0.3, 0.4) is 0 Å². The van der Waals surface area contributed by atoms with Gasteiger partial charge in [-0.05, 0) is 22.3 Å². The Morgan fingerprint density at radius 1 is 0.950 bits per heavy atom. The molecule has 2 heteroatoms. The highest BCUT2D eigenvalue weighted by Gasteiger charge is 2.10. The second-order valence-electron chi connectivity index (χ2n) is 5.96. The minimum absolute atomic E-state index is 0.310. The van der Waals surface area contributed by atoms with Gasteiger partial charge in [-0.3, -0.25) is 0 Å². The van der Waals surface area contributed by atoms with Crippen molar-refractivity contribution in [3.8, 4) is 11.1 Å². The van der Waals surface area contributed by atoms with Crippen LogP contribution in [-0.4, -0.2) is 4.75 Å². The van der Waals surface area contributed by atoms with E-state index >= 15 is 0 Å². The summed E-state index contributed by atoms with van der Waals surface area (Å²) in [5.41, 5.74) is 10.9. The van der Waals surface area contributed by atoms with Crippen LogP contribution >= 0.6 is 11.8 Å². The SMILES string of the molecule is CC(C)(C)SCc1ccc(-c2ccccc2CN)cc1. The fraction of sp³-hybridized carbons (Fsp3) is 0.333. The van der Waals surface area contributed by atoms with Crippen LogP contribution in [0.2, 0.25) is 0 Å². The zero-order chi connectivity index (χ0) is 14.6. The molecule has 2 rings (SSSR count). The molecule has 0 bridgehead atoms. The van der Waals surface area contributed by atoms with E-state index in [1.165, 1.54) is 22.3 Å². The molecule has 20 heavy (non-hydrogen) atoms. The van der Waals surface area contributed by atoms with Crippen molar-refractivity contribution < 1.29 is 0 Å². The maximum absolute atomic E-state index is 5.81. The third-order valence-electron chi connectivity index (χ3n) is 3.17. The van der Waals surface area contributed by atoms with E-state index in [0.717, 1.165) is 5.75 Å². The molecule has 0 saturated carbocycles. The Morgan fingerprint density at radius 2 is 1.60 bits per heavy atom. The van der Waals surface area contributed by atoms with E-state index in [4.69, 9.17) is 5.73 Å². The summed E-state index contributed by atoms with van der Waals surface area (Å²) in [5.74, 6) is 1.06. The molecule has 1 nitrogen and oxygen atoms in total. The van der Waals surface area contributed by atoms with E-state index in [2.05, 4.69) is 63.2 Å². The second-order valence-corrected chi connectivity index (χ2v) is 7.76. The molecule has 0 aliphatic heterocycles. The summed E-state index contributed by atoms with van der Waals surface area (Å²) < 4.78 is 0.310. The van der Waals surface area contributed by atoms with E-state index in [1.54, 1.807) is 0 Å². The lowest BCUT2D eigenvalue weighted by Gasteiger charge is -2.17. The summed E-state index contributed by atoms with van der Waals surface area (Å²) in [6.07, 6.45) is 0. The quantitative estimate of drug-likeness (QED) is 0.869. The maximum Gasteiger partial charge on any atom is 0.0189 e. The van der Waals surface area contributed by atoms with Gasteiger partial charge >= 0.3 is 0 Å². The molecule has 0 spiro atoms. The highest BCUT2D eigenvalue weighted by molar-refractivity contribution is 7.99. The standard InChI is InChI=1S/C18H23NS/c1-18(2,3)20-13-14-8-10-15(11-9-14)17-7-5-4-6-16(17)12-19/h4-11H,12-13,19H2,1-3H3. The van der Waals surface area contributed by atoms with Gasteiger partial charge in [0, 0.05) is 17.0 Å². The van der Waals surface area contributed by atoms with Gasteiger partial charge in [0.15, 0.2) is 0 Å². The van der Waals surface area contributed by atoms with Crippen LogP contribution in [0.15, 0.2) is 48.5 Å². The van der Waals surface area contributed by atoms with E-state index in [0.29, 0.717) is 11.3 Å². The topological polar surface area (TPSA) is 26.0 Å². The van der Waals surface area contributed by atoms with Gasteiger partial charge in [0.25, 0.3) is 0 Å². The minimum atomic E-state index is 0.310. The maximum atomic E-state index is 5.81. The molecule has 0 amide bonds. The Labute approximate surface area is 126 Å². The van der Waals surface area contributed by atoms with Gasteiger partial charge < -0.3 is 5.73 Å². The molecule has 0 radical (unpaired) electrons. The zero-order valence-corrected chi connectivity index (χ0v) is 13.3. The molecule has 106 valence electrons. The van der Waals surface area contributed by atoms with E-state index in [9.17, 15) is 0 Å². The normalized spacial score (nSPS) is 11.6. The van der Waals surface area contributed by atoms with Crippen LogP contribution in [0.25, 0.3) is 11.1 Å². The second kappa shape index (κ2) is 6.47. The van der Waals surface area contributed by atoms with Gasteiger partial charge in [-0.25, -0.2) is 0 Å².